The number of imide groups is 1. The first-order chi connectivity index (χ1) is 8.44. The molecule has 1 N–H and O–H groups in total. The molecule has 5 nitrogen and oxygen atoms in total. The summed E-state index contributed by atoms with van der Waals surface area (Å²) in [6.07, 6.45) is 0.462. The lowest BCUT2D eigenvalue weighted by Crippen LogP contribution is -2.44. The lowest BCUT2D eigenvalue weighted by atomic mass is 9.86. The van der Waals surface area contributed by atoms with Crippen LogP contribution in [0.25, 0.3) is 0 Å². The minimum Gasteiger partial charge on any atom is -0.481 e. The van der Waals surface area contributed by atoms with Crippen molar-refractivity contribution in [3.63, 3.8) is 0 Å². The highest BCUT2D eigenvalue weighted by molar-refractivity contribution is 6.06. The Labute approximate surface area is 114 Å². The van der Waals surface area contributed by atoms with Crippen LogP contribution in [0.4, 0.5) is 0 Å². The monoisotopic (exact) mass is 269 g/mol. The molecule has 0 aromatic rings. The zero-order valence-electron chi connectivity index (χ0n) is 12.3. The third-order valence-corrected chi connectivity index (χ3v) is 3.28. The van der Waals surface area contributed by atoms with Crippen LogP contribution in [0, 0.1) is 10.8 Å². The van der Waals surface area contributed by atoms with Gasteiger partial charge in [0.15, 0.2) is 0 Å². The Balaban J connectivity index is 3.01. The number of rotatable bonds is 4. The number of carboxylic acids is 1. The van der Waals surface area contributed by atoms with Crippen molar-refractivity contribution in [1.82, 2.24) is 4.90 Å². The van der Waals surface area contributed by atoms with Crippen LogP contribution in [-0.2, 0) is 14.4 Å². The quantitative estimate of drug-likeness (QED) is 0.793. The molecule has 2 amide bonds. The zero-order valence-corrected chi connectivity index (χ0v) is 12.3. The van der Waals surface area contributed by atoms with Gasteiger partial charge in [-0.1, -0.05) is 34.6 Å². The summed E-state index contributed by atoms with van der Waals surface area (Å²) in [5.41, 5.74) is -0.862. The van der Waals surface area contributed by atoms with Gasteiger partial charge in [-0.25, -0.2) is 0 Å². The first-order valence-electron chi connectivity index (χ1n) is 6.52. The summed E-state index contributed by atoms with van der Waals surface area (Å²) < 4.78 is 0. The molecule has 0 aromatic heterocycles. The molecular weight excluding hydrogens is 246 g/mol. The van der Waals surface area contributed by atoms with E-state index in [0.29, 0.717) is 6.42 Å². The van der Waals surface area contributed by atoms with E-state index in [1.54, 1.807) is 13.8 Å². The summed E-state index contributed by atoms with van der Waals surface area (Å²) >= 11 is 0. The fraction of sp³-hybridized carbons (Fsp3) is 0.786. The van der Waals surface area contributed by atoms with Gasteiger partial charge >= 0.3 is 5.97 Å². The van der Waals surface area contributed by atoms with Crippen molar-refractivity contribution in [1.29, 1.82) is 0 Å². The summed E-state index contributed by atoms with van der Waals surface area (Å²) in [6, 6.07) is -0.556. The number of amides is 2. The molecule has 108 valence electrons. The van der Waals surface area contributed by atoms with Crippen LogP contribution in [0.5, 0.6) is 0 Å². The number of likely N-dealkylation sites (tertiary alicyclic amines) is 1. The molecule has 1 fully saturated rings. The van der Waals surface area contributed by atoms with E-state index in [-0.39, 0.29) is 30.1 Å². The second-order valence-electron chi connectivity index (χ2n) is 7.15. The predicted octanol–water partition coefficient (Wildman–Crippen LogP) is 2.05. The largest absolute Gasteiger partial charge is 0.481 e. The summed E-state index contributed by atoms with van der Waals surface area (Å²) in [5, 5.41) is 8.99. The molecule has 0 radical (unpaired) electrons. The van der Waals surface area contributed by atoms with E-state index < -0.39 is 17.4 Å². The lowest BCUT2D eigenvalue weighted by Gasteiger charge is -2.31. The fourth-order valence-corrected chi connectivity index (χ4v) is 2.51. The number of nitrogens with zero attached hydrogens (tertiary/aromatic N) is 1. The molecule has 0 bridgehead atoms. The Bertz CT molecular complexity index is 406. The summed E-state index contributed by atoms with van der Waals surface area (Å²) in [7, 11) is 0. The minimum atomic E-state index is -0.987. The average Bonchev–Trinajstić information content (AvgIpc) is 2.31. The number of carbonyl (C=O) groups is 3. The van der Waals surface area contributed by atoms with Gasteiger partial charge in [0.2, 0.25) is 11.8 Å². The SMILES string of the molecule is CC(C)(C)CC(CC(=O)O)N1C(=O)CC(C)(C)C1=O. The van der Waals surface area contributed by atoms with E-state index in [4.69, 9.17) is 5.11 Å². The van der Waals surface area contributed by atoms with Gasteiger partial charge in [-0.3, -0.25) is 19.3 Å². The molecule has 0 saturated carbocycles. The Morgan fingerprint density at radius 3 is 2.21 bits per heavy atom. The molecule has 0 spiro atoms. The van der Waals surface area contributed by atoms with Crippen molar-refractivity contribution >= 4 is 17.8 Å². The zero-order chi connectivity index (χ0) is 15.0. The molecule has 0 aliphatic carbocycles. The fourth-order valence-electron chi connectivity index (χ4n) is 2.51. The van der Waals surface area contributed by atoms with Crippen LogP contribution in [0.15, 0.2) is 0 Å². The highest BCUT2D eigenvalue weighted by atomic mass is 16.4. The molecule has 0 aromatic carbocycles. The summed E-state index contributed by atoms with van der Waals surface area (Å²) in [5.74, 6) is -1.50. The van der Waals surface area contributed by atoms with E-state index in [9.17, 15) is 14.4 Å². The average molecular weight is 269 g/mol. The van der Waals surface area contributed by atoms with Gasteiger partial charge in [-0.2, -0.15) is 0 Å². The van der Waals surface area contributed by atoms with Crippen LogP contribution in [-0.4, -0.2) is 33.8 Å². The summed E-state index contributed by atoms with van der Waals surface area (Å²) in [6.45, 7) is 9.36. The maximum atomic E-state index is 12.3. The Hall–Kier alpha value is -1.39. The van der Waals surface area contributed by atoms with Crippen molar-refractivity contribution in [2.24, 2.45) is 10.8 Å². The van der Waals surface area contributed by atoms with Crippen molar-refractivity contribution in [3.05, 3.63) is 0 Å². The molecule has 1 atom stereocenters. The van der Waals surface area contributed by atoms with Crippen molar-refractivity contribution in [2.75, 3.05) is 0 Å². The van der Waals surface area contributed by atoms with E-state index in [2.05, 4.69) is 0 Å². The van der Waals surface area contributed by atoms with Gasteiger partial charge < -0.3 is 5.11 Å². The third kappa shape index (κ3) is 3.78. The van der Waals surface area contributed by atoms with Gasteiger partial charge in [0.25, 0.3) is 0 Å². The van der Waals surface area contributed by atoms with E-state index in [0.717, 1.165) is 0 Å². The molecule has 1 aliphatic heterocycles. The lowest BCUT2D eigenvalue weighted by molar-refractivity contribution is -0.146. The Morgan fingerprint density at radius 1 is 1.37 bits per heavy atom. The van der Waals surface area contributed by atoms with E-state index in [1.807, 2.05) is 20.8 Å². The van der Waals surface area contributed by atoms with Crippen LogP contribution < -0.4 is 0 Å². The molecule has 19 heavy (non-hydrogen) atoms. The van der Waals surface area contributed by atoms with Gasteiger partial charge in [-0.15, -0.1) is 0 Å². The number of carbonyl (C=O) groups excluding carboxylic acids is 2. The number of hydrogen-bond acceptors (Lipinski definition) is 3. The maximum absolute atomic E-state index is 12.3. The van der Waals surface area contributed by atoms with Crippen LogP contribution in [0.2, 0.25) is 0 Å². The van der Waals surface area contributed by atoms with Gasteiger partial charge in [-0.05, 0) is 11.8 Å². The summed E-state index contributed by atoms with van der Waals surface area (Å²) in [4.78, 5) is 36.4. The maximum Gasteiger partial charge on any atom is 0.305 e. The normalized spacial score (nSPS) is 20.8. The van der Waals surface area contributed by atoms with E-state index >= 15 is 0 Å². The first-order valence-corrected chi connectivity index (χ1v) is 6.52. The Kier molecular flexibility index (Phi) is 4.08. The van der Waals surface area contributed by atoms with Crippen LogP contribution in [0.1, 0.15) is 53.9 Å². The van der Waals surface area contributed by atoms with Gasteiger partial charge in [0.05, 0.1) is 17.9 Å². The first kappa shape index (κ1) is 15.7. The predicted molar refractivity (Wildman–Crippen MR) is 70.4 cm³/mol. The van der Waals surface area contributed by atoms with Crippen LogP contribution >= 0.6 is 0 Å². The molecule has 1 heterocycles. The highest BCUT2D eigenvalue weighted by Gasteiger charge is 2.48. The molecule has 1 aliphatic rings. The molecule has 1 rings (SSSR count). The second kappa shape index (κ2) is 4.94. The molecule has 1 saturated heterocycles. The smallest absolute Gasteiger partial charge is 0.305 e. The van der Waals surface area contributed by atoms with Crippen molar-refractivity contribution < 1.29 is 19.5 Å². The standard InChI is InChI=1S/C14H23NO4/c1-13(2,3)7-9(6-11(17)18)15-10(16)8-14(4,5)12(15)19/h9H,6-8H2,1-5H3,(H,17,18). The number of hydrogen-bond donors (Lipinski definition) is 1. The molecular formula is C14H23NO4. The van der Waals surface area contributed by atoms with Crippen molar-refractivity contribution in [3.8, 4) is 0 Å². The number of aliphatic carboxylic acids is 1. The highest BCUT2D eigenvalue weighted by Crippen LogP contribution is 2.36. The number of carboxylic acid groups (broad SMARTS) is 1. The van der Waals surface area contributed by atoms with Crippen molar-refractivity contribution in [2.45, 2.75) is 59.9 Å². The minimum absolute atomic E-state index is 0.145. The van der Waals surface area contributed by atoms with Crippen LogP contribution in [0.3, 0.4) is 0 Å². The Morgan fingerprint density at radius 2 is 1.89 bits per heavy atom. The third-order valence-electron chi connectivity index (χ3n) is 3.28. The topological polar surface area (TPSA) is 74.7 Å². The van der Waals surface area contributed by atoms with Gasteiger partial charge in [0, 0.05) is 6.42 Å². The van der Waals surface area contributed by atoms with Gasteiger partial charge in [0.1, 0.15) is 0 Å². The second-order valence-corrected chi connectivity index (χ2v) is 7.15. The van der Waals surface area contributed by atoms with E-state index in [1.165, 1.54) is 4.90 Å². The molecule has 5 heteroatoms. The molecule has 1 unspecified atom stereocenters.